The maximum Gasteiger partial charge on any atom is 0.228 e. The molecule has 0 atom stereocenters. The zero-order valence-corrected chi connectivity index (χ0v) is 14.1. The molecule has 1 heterocycles. The standard InChI is InChI=1S/C19H19N3O3/c1-24-17-8-7-14(11-18(17)25-2)12-19(23)21-15-5-3-4-6-16(15)22-10-9-20-13-22/h3-11,13H,12H2,1-2H3,(H,21,23). The molecule has 3 rings (SSSR count). The number of carbonyl (C=O) groups excluding carboxylic acids is 1. The highest BCUT2D eigenvalue weighted by Gasteiger charge is 2.11. The molecule has 128 valence electrons. The summed E-state index contributed by atoms with van der Waals surface area (Å²) in [7, 11) is 3.15. The van der Waals surface area contributed by atoms with Crippen LogP contribution < -0.4 is 14.8 Å². The van der Waals surface area contributed by atoms with Crippen molar-refractivity contribution in [1.29, 1.82) is 0 Å². The van der Waals surface area contributed by atoms with Crippen molar-refractivity contribution in [3.05, 3.63) is 66.7 Å². The Bertz CT molecular complexity index is 860. The predicted octanol–water partition coefficient (Wildman–Crippen LogP) is 3.07. The lowest BCUT2D eigenvalue weighted by atomic mass is 10.1. The second kappa shape index (κ2) is 7.53. The van der Waals surface area contributed by atoms with Crippen molar-refractivity contribution in [3.63, 3.8) is 0 Å². The van der Waals surface area contributed by atoms with Gasteiger partial charge in [-0.3, -0.25) is 4.79 Å². The second-order valence-corrected chi connectivity index (χ2v) is 5.40. The van der Waals surface area contributed by atoms with Crippen LogP contribution in [0.15, 0.2) is 61.2 Å². The summed E-state index contributed by atoms with van der Waals surface area (Å²) < 4.78 is 12.3. The third-order valence-corrected chi connectivity index (χ3v) is 3.77. The summed E-state index contributed by atoms with van der Waals surface area (Å²) in [6.45, 7) is 0. The summed E-state index contributed by atoms with van der Waals surface area (Å²) in [6.07, 6.45) is 5.46. The lowest BCUT2D eigenvalue weighted by molar-refractivity contribution is -0.115. The molecule has 3 aromatic rings. The normalized spacial score (nSPS) is 10.3. The minimum absolute atomic E-state index is 0.111. The summed E-state index contributed by atoms with van der Waals surface area (Å²) in [5, 5.41) is 2.95. The molecule has 2 aromatic carbocycles. The van der Waals surface area contributed by atoms with Gasteiger partial charge in [-0.15, -0.1) is 0 Å². The molecule has 1 N–H and O–H groups in total. The van der Waals surface area contributed by atoms with E-state index in [1.54, 1.807) is 38.9 Å². The number of ether oxygens (including phenoxy) is 2. The van der Waals surface area contributed by atoms with E-state index >= 15 is 0 Å². The summed E-state index contributed by atoms with van der Waals surface area (Å²) in [6, 6.07) is 13.0. The van der Waals surface area contributed by atoms with Crippen LogP contribution in [0.2, 0.25) is 0 Å². The highest BCUT2D eigenvalue weighted by Crippen LogP contribution is 2.28. The largest absolute Gasteiger partial charge is 0.493 e. The first kappa shape index (κ1) is 16.6. The fourth-order valence-corrected chi connectivity index (χ4v) is 2.58. The first-order valence-electron chi connectivity index (χ1n) is 7.79. The zero-order valence-electron chi connectivity index (χ0n) is 14.1. The molecule has 0 aliphatic heterocycles. The fraction of sp³-hybridized carbons (Fsp3) is 0.158. The van der Waals surface area contributed by atoms with E-state index in [0.717, 1.165) is 16.9 Å². The number of anilines is 1. The molecule has 25 heavy (non-hydrogen) atoms. The smallest absolute Gasteiger partial charge is 0.228 e. The number of para-hydroxylation sites is 2. The Hall–Kier alpha value is -3.28. The first-order valence-corrected chi connectivity index (χ1v) is 7.79. The van der Waals surface area contributed by atoms with Crippen molar-refractivity contribution in [1.82, 2.24) is 9.55 Å². The number of carbonyl (C=O) groups is 1. The van der Waals surface area contributed by atoms with Crippen LogP contribution in [-0.4, -0.2) is 29.7 Å². The van der Waals surface area contributed by atoms with Crippen molar-refractivity contribution >= 4 is 11.6 Å². The van der Waals surface area contributed by atoms with Crippen molar-refractivity contribution in [2.24, 2.45) is 0 Å². The maximum absolute atomic E-state index is 12.4. The third kappa shape index (κ3) is 3.80. The van der Waals surface area contributed by atoms with Gasteiger partial charge in [-0.25, -0.2) is 4.98 Å². The van der Waals surface area contributed by atoms with Gasteiger partial charge in [0.05, 0.1) is 38.3 Å². The summed E-state index contributed by atoms with van der Waals surface area (Å²) in [4.78, 5) is 16.5. The first-order chi connectivity index (χ1) is 12.2. The average Bonchev–Trinajstić information content (AvgIpc) is 3.16. The van der Waals surface area contributed by atoms with Crippen LogP contribution >= 0.6 is 0 Å². The molecular weight excluding hydrogens is 318 g/mol. The van der Waals surface area contributed by atoms with Crippen LogP contribution in [0.4, 0.5) is 5.69 Å². The van der Waals surface area contributed by atoms with Crippen LogP contribution in [0.25, 0.3) is 5.69 Å². The van der Waals surface area contributed by atoms with E-state index in [9.17, 15) is 4.79 Å². The quantitative estimate of drug-likeness (QED) is 0.751. The minimum atomic E-state index is -0.111. The Labute approximate surface area is 146 Å². The highest BCUT2D eigenvalue weighted by atomic mass is 16.5. The number of aromatic nitrogens is 2. The summed E-state index contributed by atoms with van der Waals surface area (Å²) in [5.74, 6) is 1.13. The minimum Gasteiger partial charge on any atom is -0.493 e. The number of nitrogens with zero attached hydrogens (tertiary/aromatic N) is 2. The molecule has 0 unspecified atom stereocenters. The van der Waals surface area contributed by atoms with Gasteiger partial charge in [-0.1, -0.05) is 18.2 Å². The van der Waals surface area contributed by atoms with E-state index in [1.165, 1.54) is 0 Å². The number of hydrogen-bond donors (Lipinski definition) is 1. The van der Waals surface area contributed by atoms with Crippen molar-refractivity contribution in [3.8, 4) is 17.2 Å². The van der Waals surface area contributed by atoms with Gasteiger partial charge in [0.2, 0.25) is 5.91 Å². The number of amides is 1. The molecule has 0 saturated carbocycles. The molecule has 0 saturated heterocycles. The van der Waals surface area contributed by atoms with Crippen molar-refractivity contribution in [2.75, 3.05) is 19.5 Å². The van der Waals surface area contributed by atoms with E-state index in [-0.39, 0.29) is 12.3 Å². The monoisotopic (exact) mass is 337 g/mol. The van der Waals surface area contributed by atoms with Crippen LogP contribution in [-0.2, 0) is 11.2 Å². The number of methoxy groups -OCH3 is 2. The van der Waals surface area contributed by atoms with Gasteiger partial charge in [0, 0.05) is 12.4 Å². The Balaban J connectivity index is 1.76. The number of hydrogen-bond acceptors (Lipinski definition) is 4. The average molecular weight is 337 g/mol. The molecular formula is C19H19N3O3. The number of rotatable bonds is 6. The second-order valence-electron chi connectivity index (χ2n) is 5.40. The molecule has 0 fully saturated rings. The number of imidazole rings is 1. The molecule has 1 aromatic heterocycles. The molecule has 6 nitrogen and oxygen atoms in total. The lowest BCUT2D eigenvalue weighted by Crippen LogP contribution is -2.16. The molecule has 0 bridgehead atoms. The van der Waals surface area contributed by atoms with Crippen molar-refractivity contribution < 1.29 is 14.3 Å². The van der Waals surface area contributed by atoms with Crippen LogP contribution in [0.1, 0.15) is 5.56 Å². The van der Waals surface area contributed by atoms with Gasteiger partial charge in [0.15, 0.2) is 11.5 Å². The van der Waals surface area contributed by atoms with E-state index in [1.807, 2.05) is 41.1 Å². The van der Waals surface area contributed by atoms with Crippen LogP contribution in [0.5, 0.6) is 11.5 Å². The fourth-order valence-electron chi connectivity index (χ4n) is 2.58. The Morgan fingerprint density at radius 1 is 1.12 bits per heavy atom. The zero-order chi connectivity index (χ0) is 17.6. The Morgan fingerprint density at radius 2 is 1.92 bits per heavy atom. The Kier molecular flexibility index (Phi) is 4.99. The van der Waals surface area contributed by atoms with Gasteiger partial charge in [-0.05, 0) is 29.8 Å². The SMILES string of the molecule is COc1ccc(CC(=O)Nc2ccccc2-n2ccnc2)cc1OC. The van der Waals surface area contributed by atoms with Gasteiger partial charge in [0.25, 0.3) is 0 Å². The van der Waals surface area contributed by atoms with Crippen LogP contribution in [0, 0.1) is 0 Å². The lowest BCUT2D eigenvalue weighted by Gasteiger charge is -2.12. The molecule has 0 aliphatic carbocycles. The topological polar surface area (TPSA) is 65.4 Å². The highest BCUT2D eigenvalue weighted by molar-refractivity contribution is 5.94. The molecule has 0 spiro atoms. The molecule has 1 amide bonds. The third-order valence-electron chi connectivity index (χ3n) is 3.77. The maximum atomic E-state index is 12.4. The van der Waals surface area contributed by atoms with Crippen molar-refractivity contribution in [2.45, 2.75) is 6.42 Å². The molecule has 6 heteroatoms. The van der Waals surface area contributed by atoms with Gasteiger partial charge < -0.3 is 19.4 Å². The van der Waals surface area contributed by atoms with E-state index in [2.05, 4.69) is 10.3 Å². The summed E-state index contributed by atoms with van der Waals surface area (Å²) in [5.41, 5.74) is 2.43. The number of benzene rings is 2. The van der Waals surface area contributed by atoms with Crippen LogP contribution in [0.3, 0.4) is 0 Å². The predicted molar refractivity (Wildman–Crippen MR) is 95.4 cm³/mol. The molecule has 0 radical (unpaired) electrons. The van der Waals surface area contributed by atoms with Gasteiger partial charge in [0.1, 0.15) is 0 Å². The van der Waals surface area contributed by atoms with Gasteiger partial charge in [-0.2, -0.15) is 0 Å². The van der Waals surface area contributed by atoms with E-state index in [0.29, 0.717) is 11.5 Å². The Morgan fingerprint density at radius 3 is 2.64 bits per heavy atom. The van der Waals surface area contributed by atoms with E-state index in [4.69, 9.17) is 9.47 Å². The van der Waals surface area contributed by atoms with Gasteiger partial charge >= 0.3 is 0 Å². The summed E-state index contributed by atoms with van der Waals surface area (Å²) >= 11 is 0. The van der Waals surface area contributed by atoms with E-state index < -0.39 is 0 Å². The number of nitrogens with one attached hydrogen (secondary N) is 1. The molecule has 0 aliphatic rings.